The van der Waals surface area contributed by atoms with Crippen molar-refractivity contribution in [3.63, 3.8) is 0 Å². The van der Waals surface area contributed by atoms with Crippen molar-refractivity contribution in [2.75, 3.05) is 11.9 Å². The van der Waals surface area contributed by atoms with E-state index in [1.807, 2.05) is 0 Å². The quantitative estimate of drug-likeness (QED) is 0.618. The molecule has 0 bridgehead atoms. The molecule has 1 nitrogen and oxygen atoms in total. The highest BCUT2D eigenvalue weighted by Gasteiger charge is 2.42. The third-order valence-corrected chi connectivity index (χ3v) is 5.62. The van der Waals surface area contributed by atoms with Crippen molar-refractivity contribution >= 4 is 15.9 Å². The average molecular weight is 353 g/mol. The highest BCUT2D eigenvalue weighted by molar-refractivity contribution is 9.09. The molecule has 2 rings (SSSR count). The minimum Gasteiger partial charge on any atom is -0.493 e. The van der Waals surface area contributed by atoms with Gasteiger partial charge in [0.15, 0.2) is 0 Å². The van der Waals surface area contributed by atoms with Crippen LogP contribution >= 0.6 is 15.9 Å². The van der Waals surface area contributed by atoms with Gasteiger partial charge >= 0.3 is 0 Å². The molecule has 0 saturated heterocycles. The van der Waals surface area contributed by atoms with E-state index in [0.717, 1.165) is 17.7 Å². The van der Waals surface area contributed by atoms with E-state index in [1.165, 1.54) is 24.0 Å². The minimum absolute atomic E-state index is 0.0989. The summed E-state index contributed by atoms with van der Waals surface area (Å²) in [5, 5.41) is 1.05. The van der Waals surface area contributed by atoms with E-state index in [0.29, 0.717) is 5.41 Å². The van der Waals surface area contributed by atoms with Crippen LogP contribution < -0.4 is 4.74 Å². The van der Waals surface area contributed by atoms with Crippen molar-refractivity contribution < 1.29 is 4.74 Å². The number of halogens is 1. The number of alkyl halides is 1. The predicted molar refractivity (Wildman–Crippen MR) is 94.8 cm³/mol. The Labute approximate surface area is 138 Å². The average Bonchev–Trinajstić information content (AvgIpc) is 3.14. The number of hydrogen-bond acceptors (Lipinski definition) is 1. The Morgan fingerprint density at radius 2 is 1.67 bits per heavy atom. The van der Waals surface area contributed by atoms with Gasteiger partial charge < -0.3 is 4.74 Å². The Kier molecular flexibility index (Phi) is 4.50. The molecule has 1 aromatic carbocycles. The molecule has 0 aromatic heterocycles. The van der Waals surface area contributed by atoms with Gasteiger partial charge in [0.2, 0.25) is 0 Å². The van der Waals surface area contributed by atoms with Gasteiger partial charge in [-0.2, -0.15) is 0 Å². The Morgan fingerprint density at radius 3 is 2.10 bits per heavy atom. The van der Waals surface area contributed by atoms with Gasteiger partial charge in [-0.05, 0) is 40.9 Å². The fourth-order valence-corrected chi connectivity index (χ4v) is 3.16. The van der Waals surface area contributed by atoms with Crippen molar-refractivity contribution in [1.29, 1.82) is 0 Å². The molecule has 0 radical (unpaired) electrons. The summed E-state index contributed by atoms with van der Waals surface area (Å²) in [6, 6.07) is 6.73. The van der Waals surface area contributed by atoms with Crippen LogP contribution in [0.25, 0.3) is 0 Å². The van der Waals surface area contributed by atoms with E-state index >= 15 is 0 Å². The van der Waals surface area contributed by atoms with Crippen molar-refractivity contribution in [1.82, 2.24) is 0 Å². The Bertz CT molecular complexity index is 501. The van der Waals surface area contributed by atoms with Crippen molar-refractivity contribution in [3.8, 4) is 5.75 Å². The van der Waals surface area contributed by atoms with Gasteiger partial charge in [-0.15, -0.1) is 0 Å². The first-order valence-electron chi connectivity index (χ1n) is 7.91. The summed E-state index contributed by atoms with van der Waals surface area (Å²) in [7, 11) is 0. The molecule has 1 aromatic rings. The van der Waals surface area contributed by atoms with Crippen LogP contribution in [0.4, 0.5) is 0 Å². The SMILES string of the molecule is CC(C)(C)c1ccc(OCC2(CBr)CC2)c(C(C)(C)C)c1. The predicted octanol–water partition coefficient (Wildman–Crippen LogP) is 5.84. The fourth-order valence-electron chi connectivity index (χ4n) is 2.43. The van der Waals surface area contributed by atoms with Gasteiger partial charge in [0.25, 0.3) is 0 Å². The number of ether oxygens (including phenoxy) is 1. The summed E-state index contributed by atoms with van der Waals surface area (Å²) in [6.45, 7) is 14.4. The van der Waals surface area contributed by atoms with Crippen LogP contribution in [0.15, 0.2) is 18.2 Å². The van der Waals surface area contributed by atoms with Crippen molar-refractivity contribution in [2.24, 2.45) is 5.41 Å². The third kappa shape index (κ3) is 4.03. The van der Waals surface area contributed by atoms with E-state index in [2.05, 4.69) is 75.7 Å². The first kappa shape index (κ1) is 16.9. The second kappa shape index (κ2) is 5.61. The van der Waals surface area contributed by atoms with E-state index < -0.39 is 0 Å². The van der Waals surface area contributed by atoms with Crippen LogP contribution in [-0.2, 0) is 10.8 Å². The topological polar surface area (TPSA) is 9.23 Å². The van der Waals surface area contributed by atoms with Crippen LogP contribution in [0.2, 0.25) is 0 Å². The number of benzene rings is 1. The number of rotatable bonds is 4. The zero-order valence-electron chi connectivity index (χ0n) is 14.3. The summed E-state index contributed by atoms with van der Waals surface area (Å²) in [5.74, 6) is 1.06. The van der Waals surface area contributed by atoms with Gasteiger partial charge in [0.05, 0.1) is 6.61 Å². The molecule has 2 heteroatoms. The molecular formula is C19H29BrO. The summed E-state index contributed by atoms with van der Waals surface area (Å²) in [4.78, 5) is 0. The van der Waals surface area contributed by atoms with Crippen LogP contribution in [0, 0.1) is 5.41 Å². The number of hydrogen-bond donors (Lipinski definition) is 0. The molecule has 118 valence electrons. The normalized spacial score (nSPS) is 17.7. The molecule has 0 amide bonds. The smallest absolute Gasteiger partial charge is 0.123 e. The molecule has 0 unspecified atom stereocenters. The maximum absolute atomic E-state index is 6.22. The molecule has 0 atom stereocenters. The standard InChI is InChI=1S/C19H29BrO/c1-17(2,3)14-7-8-16(15(11-14)18(4,5)6)21-13-19(12-20)9-10-19/h7-8,11H,9-10,12-13H2,1-6H3. The first-order valence-corrected chi connectivity index (χ1v) is 9.03. The van der Waals surface area contributed by atoms with E-state index in [1.54, 1.807) is 0 Å². The lowest BCUT2D eigenvalue weighted by Gasteiger charge is -2.28. The highest BCUT2D eigenvalue weighted by atomic mass is 79.9. The lowest BCUT2D eigenvalue weighted by molar-refractivity contribution is 0.246. The molecule has 0 N–H and O–H groups in total. The van der Waals surface area contributed by atoms with Crippen LogP contribution in [-0.4, -0.2) is 11.9 Å². The second-order valence-corrected chi connectivity index (χ2v) is 9.19. The van der Waals surface area contributed by atoms with Gasteiger partial charge in [-0.25, -0.2) is 0 Å². The summed E-state index contributed by atoms with van der Waals surface area (Å²) >= 11 is 3.62. The van der Waals surface area contributed by atoms with E-state index in [-0.39, 0.29) is 10.8 Å². The summed E-state index contributed by atoms with van der Waals surface area (Å²) in [5.41, 5.74) is 3.35. The molecule has 0 spiro atoms. The summed E-state index contributed by atoms with van der Waals surface area (Å²) < 4.78 is 6.22. The Balaban J connectivity index is 2.28. The monoisotopic (exact) mass is 352 g/mol. The zero-order chi connectivity index (χ0) is 15.9. The summed E-state index contributed by atoms with van der Waals surface area (Å²) in [6.07, 6.45) is 2.56. The molecule has 1 saturated carbocycles. The van der Waals surface area contributed by atoms with Crippen LogP contribution in [0.3, 0.4) is 0 Å². The van der Waals surface area contributed by atoms with Gasteiger partial charge in [0, 0.05) is 10.7 Å². The molecule has 0 aliphatic heterocycles. The van der Waals surface area contributed by atoms with E-state index in [9.17, 15) is 0 Å². The maximum Gasteiger partial charge on any atom is 0.123 e. The van der Waals surface area contributed by atoms with E-state index in [4.69, 9.17) is 4.74 Å². The Morgan fingerprint density at radius 1 is 1.05 bits per heavy atom. The largest absolute Gasteiger partial charge is 0.493 e. The first-order chi connectivity index (χ1) is 9.57. The fraction of sp³-hybridized carbons (Fsp3) is 0.684. The Hall–Kier alpha value is -0.500. The molecule has 0 heterocycles. The van der Waals surface area contributed by atoms with Crippen molar-refractivity contribution in [3.05, 3.63) is 29.3 Å². The van der Waals surface area contributed by atoms with Gasteiger partial charge in [-0.3, -0.25) is 0 Å². The van der Waals surface area contributed by atoms with Gasteiger partial charge in [0.1, 0.15) is 5.75 Å². The van der Waals surface area contributed by atoms with Crippen LogP contribution in [0.1, 0.15) is 65.5 Å². The van der Waals surface area contributed by atoms with Gasteiger partial charge in [-0.1, -0.05) is 69.6 Å². The van der Waals surface area contributed by atoms with Crippen molar-refractivity contribution in [2.45, 2.75) is 65.2 Å². The maximum atomic E-state index is 6.22. The second-order valence-electron chi connectivity index (χ2n) is 8.63. The lowest BCUT2D eigenvalue weighted by atomic mass is 9.80. The molecular weight excluding hydrogens is 324 g/mol. The zero-order valence-corrected chi connectivity index (χ0v) is 15.9. The molecule has 21 heavy (non-hydrogen) atoms. The molecule has 1 aliphatic rings. The molecule has 1 fully saturated rings. The highest BCUT2D eigenvalue weighted by Crippen LogP contribution is 2.47. The third-order valence-electron chi connectivity index (χ3n) is 4.43. The lowest BCUT2D eigenvalue weighted by Crippen LogP contribution is -2.20. The molecule has 1 aliphatic carbocycles. The minimum atomic E-state index is 0.0989. The van der Waals surface area contributed by atoms with Crippen LogP contribution in [0.5, 0.6) is 5.75 Å².